The van der Waals surface area contributed by atoms with Gasteiger partial charge in [0.15, 0.2) is 5.78 Å². The Morgan fingerprint density at radius 2 is 1.71 bits per heavy atom. The summed E-state index contributed by atoms with van der Waals surface area (Å²) in [6.07, 6.45) is 1.60. The summed E-state index contributed by atoms with van der Waals surface area (Å²) in [6, 6.07) is 9.76. The Morgan fingerprint density at radius 3 is 2.35 bits per heavy atom. The zero-order valence-corrected chi connectivity index (χ0v) is 20.4. The number of carbonyl (C=O) groups is 3. The molecule has 0 N–H and O–H groups in total. The molecule has 1 saturated heterocycles. The summed E-state index contributed by atoms with van der Waals surface area (Å²) in [7, 11) is 1.77. The van der Waals surface area contributed by atoms with E-state index in [1.807, 2.05) is 6.92 Å². The summed E-state index contributed by atoms with van der Waals surface area (Å²) in [4.78, 5) is 41.8. The zero-order chi connectivity index (χ0) is 24.7. The molecule has 6 nitrogen and oxygen atoms in total. The van der Waals surface area contributed by atoms with Gasteiger partial charge in [0.1, 0.15) is 5.82 Å². The van der Waals surface area contributed by atoms with Crippen molar-refractivity contribution >= 4 is 40.0 Å². The predicted octanol–water partition coefficient (Wildman–Crippen LogP) is 4.48. The van der Waals surface area contributed by atoms with Crippen molar-refractivity contribution in [1.82, 2.24) is 14.4 Å². The van der Waals surface area contributed by atoms with Gasteiger partial charge in [-0.1, -0.05) is 23.7 Å². The Bertz CT molecular complexity index is 1280. The fraction of sp³-hybridized carbons (Fsp3) is 0.346. The summed E-state index contributed by atoms with van der Waals surface area (Å²) < 4.78 is 15.0. The number of nitrogens with zero attached hydrogens (tertiary/aromatic N) is 3. The molecule has 0 bridgehead atoms. The Balaban J connectivity index is 1.60. The van der Waals surface area contributed by atoms with Gasteiger partial charge in [-0.05, 0) is 43.7 Å². The van der Waals surface area contributed by atoms with Gasteiger partial charge in [-0.2, -0.15) is 0 Å². The molecule has 3 aromatic rings. The number of carbonyl (C=O) groups excluding carboxylic acids is 3. The van der Waals surface area contributed by atoms with E-state index in [2.05, 4.69) is 11.8 Å². The Hall–Kier alpha value is -3.03. The Morgan fingerprint density at radius 1 is 1.03 bits per heavy atom. The van der Waals surface area contributed by atoms with Gasteiger partial charge in [-0.15, -0.1) is 0 Å². The highest BCUT2D eigenvalue weighted by molar-refractivity contribution is 6.45. The van der Waals surface area contributed by atoms with Crippen LogP contribution in [0.4, 0.5) is 4.39 Å². The number of rotatable bonds is 5. The van der Waals surface area contributed by atoms with E-state index in [4.69, 9.17) is 11.6 Å². The lowest BCUT2D eigenvalue weighted by atomic mass is 10.0. The lowest BCUT2D eigenvalue weighted by Crippen LogP contribution is -2.57. The number of aryl methyl sites for hydroxylation is 1. The topological polar surface area (TPSA) is 62.6 Å². The second kappa shape index (κ2) is 9.31. The predicted molar refractivity (Wildman–Crippen MR) is 130 cm³/mol. The molecule has 0 saturated carbocycles. The van der Waals surface area contributed by atoms with Crippen LogP contribution in [0.1, 0.15) is 47.1 Å². The monoisotopic (exact) mass is 483 g/mol. The van der Waals surface area contributed by atoms with E-state index in [0.717, 1.165) is 5.56 Å². The van der Waals surface area contributed by atoms with E-state index in [1.54, 1.807) is 47.0 Å². The molecule has 4 rings (SSSR count). The lowest BCUT2D eigenvalue weighted by Gasteiger charge is -2.44. The number of fused-ring (bicyclic) bond motifs is 1. The maximum Gasteiger partial charge on any atom is 0.255 e. The molecule has 8 heteroatoms. The van der Waals surface area contributed by atoms with Crippen LogP contribution in [0.25, 0.3) is 10.9 Å². The largest absolute Gasteiger partial charge is 0.350 e. The van der Waals surface area contributed by atoms with Gasteiger partial charge in [0.25, 0.3) is 5.91 Å². The average Bonchev–Trinajstić information content (AvgIpc) is 3.11. The van der Waals surface area contributed by atoms with Gasteiger partial charge in [0, 0.05) is 57.3 Å². The van der Waals surface area contributed by atoms with Gasteiger partial charge in [0.2, 0.25) is 5.78 Å². The maximum absolute atomic E-state index is 13.6. The quantitative estimate of drug-likeness (QED) is 0.396. The van der Waals surface area contributed by atoms with Crippen molar-refractivity contribution in [2.24, 2.45) is 7.05 Å². The molecule has 1 amide bonds. The van der Waals surface area contributed by atoms with Crippen LogP contribution in [0.2, 0.25) is 5.02 Å². The van der Waals surface area contributed by atoms with Crippen LogP contribution in [0.3, 0.4) is 0 Å². The van der Waals surface area contributed by atoms with Crippen molar-refractivity contribution in [3.05, 3.63) is 70.1 Å². The third kappa shape index (κ3) is 4.50. The summed E-state index contributed by atoms with van der Waals surface area (Å²) >= 11 is 6.52. The van der Waals surface area contributed by atoms with Crippen molar-refractivity contribution in [2.45, 2.75) is 39.4 Å². The molecule has 0 aliphatic carbocycles. The first-order valence-electron chi connectivity index (χ1n) is 11.2. The molecule has 1 fully saturated rings. The number of aromatic nitrogens is 1. The summed E-state index contributed by atoms with van der Waals surface area (Å²) in [6.45, 7) is 7.11. The molecule has 1 aliphatic heterocycles. The molecule has 1 aromatic heterocycles. The smallest absolute Gasteiger partial charge is 0.255 e. The van der Waals surface area contributed by atoms with Crippen LogP contribution in [0.15, 0.2) is 42.6 Å². The minimum absolute atomic E-state index is 0.0787. The molecule has 2 aromatic carbocycles. The molecule has 0 radical (unpaired) electrons. The van der Waals surface area contributed by atoms with Gasteiger partial charge in [-0.3, -0.25) is 19.3 Å². The minimum Gasteiger partial charge on any atom is -0.350 e. The molecule has 2 heterocycles. The Labute approximate surface area is 202 Å². The van der Waals surface area contributed by atoms with E-state index in [1.165, 1.54) is 19.1 Å². The van der Waals surface area contributed by atoms with Gasteiger partial charge in [-0.25, -0.2) is 4.39 Å². The fourth-order valence-corrected chi connectivity index (χ4v) is 4.86. The zero-order valence-electron chi connectivity index (χ0n) is 19.6. The van der Waals surface area contributed by atoms with Crippen LogP contribution >= 0.6 is 11.6 Å². The third-order valence-electron chi connectivity index (χ3n) is 6.55. The summed E-state index contributed by atoms with van der Waals surface area (Å²) in [5.74, 6) is -1.63. The highest BCUT2D eigenvalue weighted by atomic mass is 35.5. The van der Waals surface area contributed by atoms with E-state index in [0.29, 0.717) is 41.1 Å². The first-order valence-corrected chi connectivity index (χ1v) is 11.6. The van der Waals surface area contributed by atoms with Crippen molar-refractivity contribution in [2.75, 3.05) is 13.1 Å². The second-order valence-corrected chi connectivity index (χ2v) is 9.51. The van der Waals surface area contributed by atoms with Gasteiger partial charge < -0.3 is 9.47 Å². The third-order valence-corrected chi connectivity index (χ3v) is 6.86. The second-order valence-electron chi connectivity index (χ2n) is 9.10. The van der Waals surface area contributed by atoms with E-state index < -0.39 is 11.6 Å². The number of hydrogen-bond donors (Lipinski definition) is 0. The molecule has 0 unspecified atom stereocenters. The van der Waals surface area contributed by atoms with Gasteiger partial charge in [0.05, 0.1) is 21.7 Å². The fourth-order valence-electron chi connectivity index (χ4n) is 4.62. The summed E-state index contributed by atoms with van der Waals surface area (Å²) in [5.41, 5.74) is 2.27. The van der Waals surface area contributed by atoms with Crippen LogP contribution < -0.4 is 0 Å². The number of piperazine rings is 1. The van der Waals surface area contributed by atoms with E-state index in [9.17, 15) is 18.8 Å². The molecule has 34 heavy (non-hydrogen) atoms. The highest BCUT2D eigenvalue weighted by Crippen LogP contribution is 2.30. The van der Waals surface area contributed by atoms with Crippen molar-refractivity contribution < 1.29 is 18.8 Å². The average molecular weight is 484 g/mol. The number of halogens is 2. The maximum atomic E-state index is 13.6. The van der Waals surface area contributed by atoms with Crippen LogP contribution in [-0.2, 0) is 18.4 Å². The summed E-state index contributed by atoms with van der Waals surface area (Å²) in [5, 5.41) is 0.834. The number of hydrogen-bond acceptors (Lipinski definition) is 4. The standard InChI is InChI=1S/C26H27ClFN3O3/c1-15-12-31(16(2)11-30(15)13-18-5-7-19(28)8-6-18)26(34)21-9-20-22(25(33)17(3)32)14-29(4)24(20)10-23(21)27/h5-10,14-16H,11-13H2,1-4H3/t15-,16+/m0/s1. The van der Waals surface area contributed by atoms with Crippen molar-refractivity contribution in [3.63, 3.8) is 0 Å². The normalized spacial score (nSPS) is 18.9. The lowest BCUT2D eigenvalue weighted by molar-refractivity contribution is -0.113. The first kappa shape index (κ1) is 24.1. The van der Waals surface area contributed by atoms with Crippen LogP contribution in [0, 0.1) is 5.82 Å². The van der Waals surface area contributed by atoms with Gasteiger partial charge >= 0.3 is 0 Å². The number of Topliss-reactive ketones (excluding diaryl/α,β-unsaturated/α-hetero) is 2. The van der Waals surface area contributed by atoms with Crippen molar-refractivity contribution in [3.8, 4) is 0 Å². The minimum atomic E-state index is -0.595. The Kier molecular flexibility index (Phi) is 6.60. The molecular weight excluding hydrogens is 457 g/mol. The van der Waals surface area contributed by atoms with Crippen LogP contribution in [0.5, 0.6) is 0 Å². The molecule has 1 aliphatic rings. The molecule has 0 spiro atoms. The number of benzene rings is 2. The SMILES string of the molecule is CC(=O)C(=O)c1cn(C)c2cc(Cl)c(C(=O)N3C[C@H](C)N(Cc4ccc(F)cc4)C[C@H]3C)cc12. The van der Waals surface area contributed by atoms with Crippen LogP contribution in [-0.4, -0.2) is 57.0 Å². The van der Waals surface area contributed by atoms with E-state index >= 15 is 0 Å². The molecule has 2 atom stereocenters. The molecule has 178 valence electrons. The van der Waals surface area contributed by atoms with E-state index in [-0.39, 0.29) is 29.4 Å². The number of amides is 1. The highest BCUT2D eigenvalue weighted by Gasteiger charge is 2.33. The number of ketones is 2. The molecular formula is C26H27ClFN3O3. The first-order chi connectivity index (χ1) is 16.1. The van der Waals surface area contributed by atoms with Crippen molar-refractivity contribution in [1.29, 1.82) is 0 Å².